The van der Waals surface area contributed by atoms with Gasteiger partial charge in [0.25, 0.3) is 0 Å². The van der Waals surface area contributed by atoms with Crippen molar-refractivity contribution in [2.24, 2.45) is 7.05 Å². The summed E-state index contributed by atoms with van der Waals surface area (Å²) >= 11 is 0. The number of aryl methyl sites for hydroxylation is 1. The van der Waals surface area contributed by atoms with E-state index in [1.807, 2.05) is 19.3 Å². The zero-order valence-electron chi connectivity index (χ0n) is 16.5. The van der Waals surface area contributed by atoms with E-state index in [0.29, 0.717) is 6.54 Å². The molecule has 1 unspecified atom stereocenters. The normalized spacial score (nSPS) is 18.6. The summed E-state index contributed by atoms with van der Waals surface area (Å²) in [6.45, 7) is 0.890. The molecule has 28 heavy (non-hydrogen) atoms. The number of aromatic nitrogens is 2. The van der Waals surface area contributed by atoms with E-state index in [9.17, 15) is 4.79 Å². The predicted octanol–water partition coefficient (Wildman–Crippen LogP) is 2.43. The number of fused-ring (bicyclic) bond motifs is 1. The first-order valence-electron chi connectivity index (χ1n) is 9.95. The summed E-state index contributed by atoms with van der Waals surface area (Å²) in [5.41, 5.74) is 2.02. The highest BCUT2D eigenvalue weighted by molar-refractivity contribution is 5.83. The maximum absolute atomic E-state index is 12.9. The van der Waals surface area contributed by atoms with Crippen LogP contribution in [0.2, 0.25) is 0 Å². The van der Waals surface area contributed by atoms with E-state index < -0.39 is 6.04 Å². The molecule has 2 aliphatic rings. The molecule has 2 aromatic rings. The van der Waals surface area contributed by atoms with Crippen LogP contribution in [0, 0.1) is 0 Å². The number of likely N-dealkylation sites (N-methyl/N-ethyl adjacent to an activating group) is 1. The van der Waals surface area contributed by atoms with E-state index in [4.69, 9.17) is 9.47 Å². The van der Waals surface area contributed by atoms with Crippen molar-refractivity contribution in [1.82, 2.24) is 20.4 Å². The summed E-state index contributed by atoms with van der Waals surface area (Å²) in [4.78, 5) is 12.9. The topological polar surface area (TPSA) is 77.4 Å². The summed E-state index contributed by atoms with van der Waals surface area (Å²) in [5.74, 6) is 1.57. The SMILES string of the molecule is CNC(C(=O)NCC1(c2ccc3c(c2)OCO3)CCCCC1)c1cnn(C)c1. The van der Waals surface area contributed by atoms with Crippen LogP contribution in [0.4, 0.5) is 0 Å². The second-order valence-corrected chi connectivity index (χ2v) is 7.80. The molecular formula is C21H28N4O3. The molecule has 2 heterocycles. The Bertz CT molecular complexity index is 842. The van der Waals surface area contributed by atoms with Crippen LogP contribution >= 0.6 is 0 Å². The molecule has 0 bridgehead atoms. The molecule has 0 spiro atoms. The van der Waals surface area contributed by atoms with Crippen LogP contribution < -0.4 is 20.1 Å². The number of benzene rings is 1. The van der Waals surface area contributed by atoms with Gasteiger partial charge in [-0.1, -0.05) is 25.3 Å². The van der Waals surface area contributed by atoms with Gasteiger partial charge in [0.05, 0.1) is 6.20 Å². The number of carbonyl (C=O) groups is 1. The molecule has 150 valence electrons. The third-order valence-corrected chi connectivity index (χ3v) is 6.01. The molecule has 4 rings (SSSR count). The van der Waals surface area contributed by atoms with Gasteiger partial charge in [-0.15, -0.1) is 0 Å². The average Bonchev–Trinajstić information content (AvgIpc) is 3.36. The fourth-order valence-electron chi connectivity index (χ4n) is 4.42. The summed E-state index contributed by atoms with van der Waals surface area (Å²) < 4.78 is 12.8. The second kappa shape index (κ2) is 7.83. The minimum absolute atomic E-state index is 0.0267. The van der Waals surface area contributed by atoms with Crippen LogP contribution in [0.25, 0.3) is 0 Å². The van der Waals surface area contributed by atoms with Gasteiger partial charge in [-0.25, -0.2) is 0 Å². The Morgan fingerprint density at radius 2 is 2.04 bits per heavy atom. The minimum Gasteiger partial charge on any atom is -0.454 e. The molecule has 7 nitrogen and oxygen atoms in total. The summed E-state index contributed by atoms with van der Waals surface area (Å²) in [6, 6.07) is 5.80. The molecule has 0 radical (unpaired) electrons. The number of amides is 1. The first-order valence-corrected chi connectivity index (χ1v) is 9.95. The third kappa shape index (κ3) is 3.58. The number of nitrogens with zero attached hydrogens (tertiary/aromatic N) is 2. The lowest BCUT2D eigenvalue weighted by molar-refractivity contribution is -0.123. The molecule has 1 amide bonds. The first-order chi connectivity index (χ1) is 13.6. The van der Waals surface area contributed by atoms with Crippen molar-refractivity contribution in [1.29, 1.82) is 0 Å². The Kier molecular flexibility index (Phi) is 5.26. The Hall–Kier alpha value is -2.54. The van der Waals surface area contributed by atoms with E-state index in [0.717, 1.165) is 29.9 Å². The quantitative estimate of drug-likeness (QED) is 0.800. The van der Waals surface area contributed by atoms with E-state index in [1.165, 1.54) is 24.8 Å². The van der Waals surface area contributed by atoms with Gasteiger partial charge in [-0.2, -0.15) is 5.10 Å². The maximum atomic E-state index is 12.9. The molecule has 1 saturated carbocycles. The highest BCUT2D eigenvalue weighted by Crippen LogP contribution is 2.43. The lowest BCUT2D eigenvalue weighted by atomic mass is 9.69. The van der Waals surface area contributed by atoms with Gasteiger partial charge in [0, 0.05) is 30.8 Å². The summed E-state index contributed by atoms with van der Waals surface area (Å²) in [5, 5.41) is 10.5. The minimum atomic E-state index is -0.411. The van der Waals surface area contributed by atoms with Crippen LogP contribution in [0.5, 0.6) is 11.5 Å². The van der Waals surface area contributed by atoms with Gasteiger partial charge in [0.15, 0.2) is 11.5 Å². The van der Waals surface area contributed by atoms with Crippen molar-refractivity contribution >= 4 is 5.91 Å². The molecule has 1 aliphatic heterocycles. The molecule has 7 heteroatoms. The molecule has 1 atom stereocenters. The first kappa shape index (κ1) is 18.8. The van der Waals surface area contributed by atoms with Crippen molar-refractivity contribution in [3.63, 3.8) is 0 Å². The largest absolute Gasteiger partial charge is 0.454 e. The standard InChI is InChI=1S/C21H28N4O3/c1-22-19(15-11-24-25(2)12-15)20(26)23-13-21(8-4-3-5-9-21)16-6-7-17-18(10-16)28-14-27-17/h6-7,10-12,19,22H,3-5,8-9,13-14H2,1-2H3,(H,23,26). The van der Waals surface area contributed by atoms with E-state index in [2.05, 4.69) is 27.9 Å². The van der Waals surface area contributed by atoms with E-state index in [-0.39, 0.29) is 18.1 Å². The Morgan fingerprint density at radius 1 is 1.25 bits per heavy atom. The monoisotopic (exact) mass is 384 g/mol. The van der Waals surface area contributed by atoms with Gasteiger partial charge < -0.3 is 20.1 Å². The van der Waals surface area contributed by atoms with Gasteiger partial charge in [-0.3, -0.25) is 9.48 Å². The van der Waals surface area contributed by atoms with Crippen LogP contribution in [-0.4, -0.2) is 36.1 Å². The average molecular weight is 384 g/mol. The number of ether oxygens (including phenoxy) is 2. The highest BCUT2D eigenvalue weighted by Gasteiger charge is 2.36. The molecule has 2 N–H and O–H groups in total. The van der Waals surface area contributed by atoms with Crippen LogP contribution in [-0.2, 0) is 17.3 Å². The molecule has 1 aliphatic carbocycles. The van der Waals surface area contributed by atoms with Crippen molar-refractivity contribution in [3.05, 3.63) is 41.7 Å². The predicted molar refractivity (Wildman–Crippen MR) is 105 cm³/mol. The van der Waals surface area contributed by atoms with Crippen molar-refractivity contribution in [2.45, 2.75) is 43.6 Å². The van der Waals surface area contributed by atoms with Crippen LogP contribution in [0.3, 0.4) is 0 Å². The molecule has 0 saturated heterocycles. The molecule has 1 aromatic carbocycles. The number of nitrogens with one attached hydrogen (secondary N) is 2. The van der Waals surface area contributed by atoms with Gasteiger partial charge in [-0.05, 0) is 37.6 Å². The number of hydrogen-bond donors (Lipinski definition) is 2. The summed E-state index contributed by atoms with van der Waals surface area (Å²) in [7, 11) is 3.65. The van der Waals surface area contributed by atoms with Crippen LogP contribution in [0.1, 0.15) is 49.3 Å². The van der Waals surface area contributed by atoms with Gasteiger partial charge in [0.1, 0.15) is 6.04 Å². The number of hydrogen-bond acceptors (Lipinski definition) is 5. The molecule has 1 fully saturated rings. The van der Waals surface area contributed by atoms with E-state index >= 15 is 0 Å². The smallest absolute Gasteiger partial charge is 0.241 e. The number of carbonyl (C=O) groups excluding carboxylic acids is 1. The fraction of sp³-hybridized carbons (Fsp3) is 0.524. The van der Waals surface area contributed by atoms with Crippen molar-refractivity contribution < 1.29 is 14.3 Å². The van der Waals surface area contributed by atoms with E-state index in [1.54, 1.807) is 17.9 Å². The second-order valence-electron chi connectivity index (χ2n) is 7.80. The van der Waals surface area contributed by atoms with Gasteiger partial charge >= 0.3 is 0 Å². The maximum Gasteiger partial charge on any atom is 0.241 e. The molecule has 1 aromatic heterocycles. The zero-order chi connectivity index (χ0) is 19.6. The third-order valence-electron chi connectivity index (χ3n) is 6.01. The van der Waals surface area contributed by atoms with Crippen molar-refractivity contribution in [2.75, 3.05) is 20.4 Å². The van der Waals surface area contributed by atoms with Crippen molar-refractivity contribution in [3.8, 4) is 11.5 Å². The van der Waals surface area contributed by atoms with Crippen LogP contribution in [0.15, 0.2) is 30.6 Å². The lowest BCUT2D eigenvalue weighted by Crippen LogP contribution is -2.45. The lowest BCUT2D eigenvalue weighted by Gasteiger charge is -2.38. The van der Waals surface area contributed by atoms with Gasteiger partial charge in [0.2, 0.25) is 12.7 Å². The summed E-state index contributed by atoms with van der Waals surface area (Å²) in [6.07, 6.45) is 9.30. The molecular weight excluding hydrogens is 356 g/mol. The zero-order valence-corrected chi connectivity index (χ0v) is 16.5. The fourth-order valence-corrected chi connectivity index (χ4v) is 4.42. The Balaban J connectivity index is 1.53. The number of rotatable bonds is 6. The Morgan fingerprint density at radius 3 is 2.75 bits per heavy atom. The highest BCUT2D eigenvalue weighted by atomic mass is 16.7. The Labute approximate surface area is 165 Å².